The van der Waals surface area contributed by atoms with Crippen LogP contribution in [0, 0.1) is 5.92 Å². The molecule has 0 spiro atoms. The zero-order valence-electron chi connectivity index (χ0n) is 9.60. The molecule has 1 rings (SSSR count). The third kappa shape index (κ3) is 3.12. The first-order valence-corrected chi connectivity index (χ1v) is 5.04. The maximum absolute atomic E-state index is 10.8. The normalized spacial score (nSPS) is 13.9. The summed E-state index contributed by atoms with van der Waals surface area (Å²) in [7, 11) is 1.55. The van der Waals surface area contributed by atoms with E-state index in [2.05, 4.69) is 10.3 Å². The highest BCUT2D eigenvalue weighted by Crippen LogP contribution is 2.14. The molecule has 1 heterocycles. The second-order valence-corrected chi connectivity index (χ2v) is 3.65. The molecule has 0 aliphatic rings. The zero-order valence-corrected chi connectivity index (χ0v) is 9.60. The molecule has 0 saturated carbocycles. The molecule has 0 saturated heterocycles. The lowest BCUT2D eigenvalue weighted by Crippen LogP contribution is -2.29. The molecule has 2 N–H and O–H groups in total. The number of aliphatic carboxylic acids is 1. The molecule has 0 fully saturated rings. The van der Waals surface area contributed by atoms with E-state index in [1.54, 1.807) is 32.4 Å². The maximum atomic E-state index is 10.8. The molecule has 1 aromatic rings. The molecule has 0 aliphatic carbocycles. The van der Waals surface area contributed by atoms with Crippen LogP contribution < -0.4 is 10.1 Å². The van der Waals surface area contributed by atoms with Crippen LogP contribution in [0.2, 0.25) is 0 Å². The molecule has 2 unspecified atom stereocenters. The summed E-state index contributed by atoms with van der Waals surface area (Å²) in [4.78, 5) is 14.8. The molecule has 1 aromatic heterocycles. The van der Waals surface area contributed by atoms with Gasteiger partial charge in [-0.1, -0.05) is 0 Å². The van der Waals surface area contributed by atoms with Gasteiger partial charge in [-0.3, -0.25) is 4.79 Å². The Balaban J connectivity index is 2.62. The summed E-state index contributed by atoms with van der Waals surface area (Å²) in [5, 5.41) is 11.9. The Hall–Kier alpha value is -1.78. The number of carboxylic acid groups (broad SMARTS) is 1. The molecule has 16 heavy (non-hydrogen) atoms. The predicted molar refractivity (Wildman–Crippen MR) is 60.7 cm³/mol. The van der Waals surface area contributed by atoms with E-state index in [0.29, 0.717) is 5.88 Å². The lowest BCUT2D eigenvalue weighted by Gasteiger charge is -2.18. The first-order chi connectivity index (χ1) is 7.54. The van der Waals surface area contributed by atoms with Crippen LogP contribution in [0.1, 0.15) is 13.8 Å². The Kier molecular flexibility index (Phi) is 4.10. The van der Waals surface area contributed by atoms with Crippen molar-refractivity contribution < 1.29 is 14.6 Å². The molecule has 5 heteroatoms. The first-order valence-electron chi connectivity index (χ1n) is 5.04. The molecular formula is C11H16N2O3. The number of nitrogens with one attached hydrogen (secondary N) is 1. The quantitative estimate of drug-likeness (QED) is 0.795. The molecule has 2 atom stereocenters. The van der Waals surface area contributed by atoms with Gasteiger partial charge in [-0.25, -0.2) is 4.98 Å². The fraction of sp³-hybridized carbons (Fsp3) is 0.455. The standard InChI is InChI=1S/C11H16N2O3/c1-7(11(14)15)8(2)13-9-4-5-10(16-3)12-6-9/h4-8,13H,1-3H3,(H,14,15). The third-order valence-corrected chi connectivity index (χ3v) is 2.48. The van der Waals surface area contributed by atoms with Crippen LogP contribution in [0.5, 0.6) is 5.88 Å². The van der Waals surface area contributed by atoms with E-state index in [9.17, 15) is 4.79 Å². The van der Waals surface area contributed by atoms with Crippen molar-refractivity contribution in [1.82, 2.24) is 4.98 Å². The number of hydrogen-bond acceptors (Lipinski definition) is 4. The number of ether oxygens (including phenoxy) is 1. The Bertz CT molecular complexity index is 351. The summed E-state index contributed by atoms with van der Waals surface area (Å²) < 4.78 is 4.93. The van der Waals surface area contributed by atoms with Crippen molar-refractivity contribution in [3.05, 3.63) is 18.3 Å². The van der Waals surface area contributed by atoms with Crippen LogP contribution in [0.4, 0.5) is 5.69 Å². The highest BCUT2D eigenvalue weighted by atomic mass is 16.5. The Morgan fingerprint density at radius 2 is 2.19 bits per heavy atom. The smallest absolute Gasteiger partial charge is 0.308 e. The van der Waals surface area contributed by atoms with Crippen LogP contribution in [-0.2, 0) is 4.79 Å². The Labute approximate surface area is 94.5 Å². The van der Waals surface area contributed by atoms with Crippen molar-refractivity contribution >= 4 is 11.7 Å². The molecule has 0 aliphatic heterocycles. The zero-order chi connectivity index (χ0) is 12.1. The minimum Gasteiger partial charge on any atom is -0.481 e. The monoisotopic (exact) mass is 224 g/mol. The molecule has 0 bridgehead atoms. The average molecular weight is 224 g/mol. The SMILES string of the molecule is COc1ccc(NC(C)C(C)C(=O)O)cn1. The minimum absolute atomic E-state index is 0.160. The predicted octanol–water partition coefficient (Wildman–Crippen LogP) is 1.61. The average Bonchev–Trinajstić information content (AvgIpc) is 2.28. The summed E-state index contributed by atoms with van der Waals surface area (Å²) in [6.45, 7) is 3.49. The van der Waals surface area contributed by atoms with Crippen LogP contribution in [-0.4, -0.2) is 29.2 Å². The maximum Gasteiger partial charge on any atom is 0.308 e. The van der Waals surface area contributed by atoms with E-state index < -0.39 is 11.9 Å². The van der Waals surface area contributed by atoms with Gasteiger partial charge >= 0.3 is 5.97 Å². The minimum atomic E-state index is -0.818. The lowest BCUT2D eigenvalue weighted by atomic mass is 10.0. The van der Waals surface area contributed by atoms with Gasteiger partial charge in [-0.2, -0.15) is 0 Å². The molecule has 5 nitrogen and oxygen atoms in total. The van der Waals surface area contributed by atoms with Gasteiger partial charge in [0.25, 0.3) is 0 Å². The summed E-state index contributed by atoms with van der Waals surface area (Å²) in [5.74, 6) is -0.743. The number of nitrogens with zero attached hydrogens (tertiary/aromatic N) is 1. The van der Waals surface area contributed by atoms with Crippen LogP contribution >= 0.6 is 0 Å². The fourth-order valence-corrected chi connectivity index (χ4v) is 1.19. The Morgan fingerprint density at radius 1 is 1.50 bits per heavy atom. The van der Waals surface area contributed by atoms with Gasteiger partial charge in [-0.15, -0.1) is 0 Å². The number of carbonyl (C=O) groups is 1. The number of pyridine rings is 1. The number of hydrogen-bond donors (Lipinski definition) is 2. The van der Waals surface area contributed by atoms with Crippen molar-refractivity contribution in [3.63, 3.8) is 0 Å². The van der Waals surface area contributed by atoms with Crippen molar-refractivity contribution in [2.24, 2.45) is 5.92 Å². The van der Waals surface area contributed by atoms with Gasteiger partial charge in [0.05, 0.1) is 24.9 Å². The van der Waals surface area contributed by atoms with E-state index in [4.69, 9.17) is 9.84 Å². The van der Waals surface area contributed by atoms with Gasteiger partial charge in [0, 0.05) is 12.1 Å². The number of anilines is 1. The number of methoxy groups -OCH3 is 1. The second kappa shape index (κ2) is 5.34. The summed E-state index contributed by atoms with van der Waals surface area (Å²) in [6, 6.07) is 3.37. The van der Waals surface area contributed by atoms with Crippen molar-refractivity contribution in [2.45, 2.75) is 19.9 Å². The van der Waals surface area contributed by atoms with Gasteiger partial charge in [0.1, 0.15) is 0 Å². The summed E-state index contributed by atoms with van der Waals surface area (Å²) >= 11 is 0. The summed E-state index contributed by atoms with van der Waals surface area (Å²) in [6.07, 6.45) is 1.61. The van der Waals surface area contributed by atoms with Crippen LogP contribution in [0.15, 0.2) is 18.3 Å². The topological polar surface area (TPSA) is 71.5 Å². The van der Waals surface area contributed by atoms with Gasteiger partial charge in [0.2, 0.25) is 5.88 Å². The highest BCUT2D eigenvalue weighted by Gasteiger charge is 2.18. The molecule has 0 aromatic carbocycles. The van der Waals surface area contributed by atoms with E-state index in [-0.39, 0.29) is 6.04 Å². The van der Waals surface area contributed by atoms with Gasteiger partial charge in [-0.05, 0) is 19.9 Å². The van der Waals surface area contributed by atoms with Gasteiger partial charge in [0.15, 0.2) is 0 Å². The number of aromatic nitrogens is 1. The van der Waals surface area contributed by atoms with Crippen molar-refractivity contribution in [2.75, 3.05) is 12.4 Å². The lowest BCUT2D eigenvalue weighted by molar-refractivity contribution is -0.141. The molecular weight excluding hydrogens is 208 g/mol. The van der Waals surface area contributed by atoms with Crippen LogP contribution in [0.3, 0.4) is 0 Å². The first kappa shape index (κ1) is 12.3. The summed E-state index contributed by atoms with van der Waals surface area (Å²) in [5.41, 5.74) is 0.779. The number of rotatable bonds is 5. The van der Waals surface area contributed by atoms with E-state index >= 15 is 0 Å². The number of carboxylic acids is 1. The second-order valence-electron chi connectivity index (χ2n) is 3.65. The fourth-order valence-electron chi connectivity index (χ4n) is 1.19. The third-order valence-electron chi connectivity index (χ3n) is 2.48. The molecule has 0 radical (unpaired) electrons. The van der Waals surface area contributed by atoms with E-state index in [1.807, 2.05) is 6.92 Å². The Morgan fingerprint density at radius 3 is 2.62 bits per heavy atom. The van der Waals surface area contributed by atoms with E-state index in [0.717, 1.165) is 5.69 Å². The van der Waals surface area contributed by atoms with Gasteiger partial charge < -0.3 is 15.2 Å². The molecule has 0 amide bonds. The van der Waals surface area contributed by atoms with Crippen molar-refractivity contribution in [3.8, 4) is 5.88 Å². The molecule has 88 valence electrons. The van der Waals surface area contributed by atoms with E-state index in [1.165, 1.54) is 0 Å². The van der Waals surface area contributed by atoms with Crippen molar-refractivity contribution in [1.29, 1.82) is 0 Å². The van der Waals surface area contributed by atoms with Crippen LogP contribution in [0.25, 0.3) is 0 Å². The largest absolute Gasteiger partial charge is 0.481 e. The highest BCUT2D eigenvalue weighted by molar-refractivity contribution is 5.71.